The second-order valence-electron chi connectivity index (χ2n) is 4.29. The smallest absolute Gasteiger partial charge is 0.127 e. The highest BCUT2D eigenvalue weighted by atomic mass is 16.5. The number of nitrogens with zero attached hydrogens (tertiary/aromatic N) is 1. The summed E-state index contributed by atoms with van der Waals surface area (Å²) in [5.41, 5.74) is -0.389. The molecule has 0 aliphatic rings. The Bertz CT molecular complexity index is 342. The molecule has 0 heterocycles. The Labute approximate surface area is 97.9 Å². The van der Waals surface area contributed by atoms with Gasteiger partial charge in [0, 0.05) is 6.07 Å². The molecule has 1 aromatic carbocycles. The lowest BCUT2D eigenvalue weighted by atomic mass is 9.87. The molecule has 0 N–H and O–H groups in total. The largest absolute Gasteiger partial charge is 0.491 e. The van der Waals surface area contributed by atoms with Crippen LogP contribution in [0.4, 0.5) is 0 Å². The molecule has 85 valence electrons. The SMILES string of the molecule is CCCCC(C)(C#N)COc1[c]cccc1. The van der Waals surface area contributed by atoms with E-state index < -0.39 is 0 Å². The van der Waals surface area contributed by atoms with Crippen LogP contribution >= 0.6 is 0 Å². The first-order valence-electron chi connectivity index (χ1n) is 5.71. The Hall–Kier alpha value is -1.49. The van der Waals surface area contributed by atoms with Gasteiger partial charge in [0.05, 0.1) is 11.5 Å². The number of para-hydroxylation sites is 1. The molecule has 0 saturated heterocycles. The van der Waals surface area contributed by atoms with Crippen LogP contribution in [0.25, 0.3) is 0 Å². The van der Waals surface area contributed by atoms with Crippen LogP contribution in [-0.4, -0.2) is 6.61 Å². The monoisotopic (exact) mass is 216 g/mol. The molecule has 0 aliphatic heterocycles. The van der Waals surface area contributed by atoms with E-state index in [2.05, 4.69) is 19.1 Å². The van der Waals surface area contributed by atoms with Gasteiger partial charge < -0.3 is 4.74 Å². The standard InChI is InChI=1S/C14H18NO/c1-3-4-10-14(2,11-15)12-16-13-8-6-5-7-9-13/h5-8H,3-4,10,12H2,1-2H3. The zero-order valence-electron chi connectivity index (χ0n) is 9.99. The molecular weight excluding hydrogens is 198 g/mol. The van der Waals surface area contributed by atoms with Crippen LogP contribution < -0.4 is 4.74 Å². The highest BCUT2D eigenvalue weighted by Gasteiger charge is 2.24. The summed E-state index contributed by atoms with van der Waals surface area (Å²) in [4.78, 5) is 0. The fourth-order valence-electron chi connectivity index (χ4n) is 1.43. The Morgan fingerprint density at radius 3 is 2.88 bits per heavy atom. The molecule has 2 heteroatoms. The number of ether oxygens (including phenoxy) is 1. The first-order valence-corrected chi connectivity index (χ1v) is 5.71. The van der Waals surface area contributed by atoms with Crippen molar-refractivity contribution >= 4 is 0 Å². The lowest BCUT2D eigenvalue weighted by molar-refractivity contribution is 0.198. The molecule has 0 spiro atoms. The van der Waals surface area contributed by atoms with Gasteiger partial charge in [-0.1, -0.05) is 38.0 Å². The third kappa shape index (κ3) is 3.94. The summed E-state index contributed by atoms with van der Waals surface area (Å²) < 4.78 is 5.58. The molecule has 1 aromatic rings. The predicted octanol–water partition coefficient (Wildman–Crippen LogP) is 3.59. The summed E-state index contributed by atoms with van der Waals surface area (Å²) in [6.07, 6.45) is 3.05. The van der Waals surface area contributed by atoms with Crippen molar-refractivity contribution in [1.29, 1.82) is 5.26 Å². The van der Waals surface area contributed by atoms with Gasteiger partial charge in [0.25, 0.3) is 0 Å². The maximum absolute atomic E-state index is 9.15. The summed E-state index contributed by atoms with van der Waals surface area (Å²) in [5, 5.41) is 9.15. The van der Waals surface area contributed by atoms with Gasteiger partial charge in [-0.15, -0.1) is 0 Å². The normalized spacial score (nSPS) is 13.8. The van der Waals surface area contributed by atoms with Crippen molar-refractivity contribution in [3.8, 4) is 11.8 Å². The minimum absolute atomic E-state index is 0.389. The van der Waals surface area contributed by atoms with E-state index in [9.17, 15) is 0 Å². The molecule has 0 bridgehead atoms. The van der Waals surface area contributed by atoms with E-state index in [-0.39, 0.29) is 5.41 Å². The molecule has 0 saturated carbocycles. The van der Waals surface area contributed by atoms with E-state index in [4.69, 9.17) is 10.00 Å². The van der Waals surface area contributed by atoms with Crippen molar-refractivity contribution < 1.29 is 4.74 Å². The summed E-state index contributed by atoms with van der Waals surface area (Å²) in [6.45, 7) is 4.51. The van der Waals surface area contributed by atoms with Crippen LogP contribution in [0.15, 0.2) is 24.3 Å². The third-order valence-corrected chi connectivity index (χ3v) is 2.58. The number of nitriles is 1. The number of unbranched alkanes of at least 4 members (excludes halogenated alkanes) is 1. The van der Waals surface area contributed by atoms with Gasteiger partial charge in [0.15, 0.2) is 0 Å². The van der Waals surface area contributed by atoms with Gasteiger partial charge >= 0.3 is 0 Å². The number of benzene rings is 1. The second-order valence-corrected chi connectivity index (χ2v) is 4.29. The minimum atomic E-state index is -0.389. The number of hydrogen-bond acceptors (Lipinski definition) is 2. The molecule has 1 radical (unpaired) electrons. The Balaban J connectivity index is 2.49. The minimum Gasteiger partial charge on any atom is -0.491 e. The molecule has 0 aliphatic carbocycles. The zero-order chi connectivity index (χ0) is 11.9. The third-order valence-electron chi connectivity index (χ3n) is 2.58. The van der Waals surface area contributed by atoms with E-state index in [1.165, 1.54) is 0 Å². The number of rotatable bonds is 6. The molecule has 0 amide bonds. The van der Waals surface area contributed by atoms with E-state index >= 15 is 0 Å². The topological polar surface area (TPSA) is 33.0 Å². The lowest BCUT2D eigenvalue weighted by Crippen LogP contribution is -2.23. The Morgan fingerprint density at radius 2 is 2.31 bits per heavy atom. The van der Waals surface area contributed by atoms with Crippen molar-refractivity contribution in [2.45, 2.75) is 33.1 Å². The highest BCUT2D eigenvalue weighted by molar-refractivity contribution is 5.19. The van der Waals surface area contributed by atoms with Gasteiger partial charge in [0.2, 0.25) is 0 Å². The van der Waals surface area contributed by atoms with Crippen molar-refractivity contribution in [3.05, 3.63) is 30.3 Å². The van der Waals surface area contributed by atoms with E-state index in [1.54, 1.807) is 0 Å². The first kappa shape index (κ1) is 12.6. The zero-order valence-corrected chi connectivity index (χ0v) is 9.99. The summed E-state index contributed by atoms with van der Waals surface area (Å²) in [5.74, 6) is 0.709. The summed E-state index contributed by atoms with van der Waals surface area (Å²) in [6, 6.07) is 12.8. The van der Waals surface area contributed by atoms with E-state index in [0.717, 1.165) is 19.3 Å². The average Bonchev–Trinajstić information content (AvgIpc) is 2.35. The molecule has 1 atom stereocenters. The van der Waals surface area contributed by atoms with Crippen LogP contribution in [0, 0.1) is 22.8 Å². The van der Waals surface area contributed by atoms with Gasteiger partial charge in [-0.2, -0.15) is 5.26 Å². The Morgan fingerprint density at radius 1 is 1.50 bits per heavy atom. The molecule has 1 rings (SSSR count). The maximum Gasteiger partial charge on any atom is 0.127 e. The van der Waals surface area contributed by atoms with Gasteiger partial charge in [-0.25, -0.2) is 0 Å². The van der Waals surface area contributed by atoms with Crippen molar-refractivity contribution in [3.63, 3.8) is 0 Å². The fraction of sp³-hybridized carbons (Fsp3) is 0.500. The predicted molar refractivity (Wildman–Crippen MR) is 64.0 cm³/mol. The Kier molecular flexibility index (Phi) is 4.85. The van der Waals surface area contributed by atoms with Gasteiger partial charge in [-0.3, -0.25) is 0 Å². The van der Waals surface area contributed by atoms with Crippen molar-refractivity contribution in [2.75, 3.05) is 6.61 Å². The molecule has 0 fully saturated rings. The molecule has 1 unspecified atom stereocenters. The summed E-state index contributed by atoms with van der Waals surface area (Å²) in [7, 11) is 0. The molecular formula is C14H18NO. The maximum atomic E-state index is 9.15. The molecule has 0 aromatic heterocycles. The molecule has 2 nitrogen and oxygen atoms in total. The lowest BCUT2D eigenvalue weighted by Gasteiger charge is -2.21. The summed E-state index contributed by atoms with van der Waals surface area (Å²) >= 11 is 0. The van der Waals surface area contributed by atoms with Crippen molar-refractivity contribution in [2.24, 2.45) is 5.41 Å². The van der Waals surface area contributed by atoms with Gasteiger partial charge in [-0.05, 0) is 19.4 Å². The van der Waals surface area contributed by atoms with Crippen LogP contribution in [0.5, 0.6) is 5.75 Å². The number of hydrogen-bond donors (Lipinski definition) is 0. The first-order chi connectivity index (χ1) is 7.70. The van der Waals surface area contributed by atoms with Crippen LogP contribution in [0.2, 0.25) is 0 Å². The van der Waals surface area contributed by atoms with Crippen LogP contribution in [-0.2, 0) is 0 Å². The van der Waals surface area contributed by atoms with Crippen molar-refractivity contribution in [1.82, 2.24) is 0 Å². The highest BCUT2D eigenvalue weighted by Crippen LogP contribution is 2.24. The fourth-order valence-corrected chi connectivity index (χ4v) is 1.43. The molecule has 16 heavy (non-hydrogen) atoms. The van der Waals surface area contributed by atoms with Crippen LogP contribution in [0.1, 0.15) is 33.1 Å². The van der Waals surface area contributed by atoms with Crippen LogP contribution in [0.3, 0.4) is 0 Å². The second kappa shape index (κ2) is 6.17. The quantitative estimate of drug-likeness (QED) is 0.728. The average molecular weight is 216 g/mol. The van der Waals surface area contributed by atoms with Gasteiger partial charge in [0.1, 0.15) is 12.4 Å². The van der Waals surface area contributed by atoms with E-state index in [0.29, 0.717) is 12.4 Å². The van der Waals surface area contributed by atoms with E-state index in [1.807, 2.05) is 31.2 Å².